The van der Waals surface area contributed by atoms with Gasteiger partial charge in [-0.2, -0.15) is 0 Å². The van der Waals surface area contributed by atoms with E-state index in [1.165, 1.54) is 135 Å². The van der Waals surface area contributed by atoms with Gasteiger partial charge >= 0.3 is 5.97 Å². The Bertz CT molecular complexity index is 1310. The summed E-state index contributed by atoms with van der Waals surface area (Å²) in [6, 6.07) is -0.721. The SMILES string of the molecule is CC/C=C\C/C=C\C/C=C\C/C=C\C/C=C\CCCC(=O)OC(CCCCCCCCC/C=C\C/C=C\CCCCC)CC(=O)NC(CO)C(O)CCCCCCCCCCCCCCCCCC. The van der Waals surface area contributed by atoms with Gasteiger partial charge in [0, 0.05) is 6.42 Å². The molecule has 0 aliphatic carbocycles. The minimum atomic E-state index is -0.805. The average molecular weight is 963 g/mol. The molecule has 6 heteroatoms. The van der Waals surface area contributed by atoms with Gasteiger partial charge < -0.3 is 20.3 Å². The van der Waals surface area contributed by atoms with Gasteiger partial charge in [0.2, 0.25) is 5.91 Å². The number of esters is 1. The molecule has 0 aliphatic heterocycles. The third-order valence-corrected chi connectivity index (χ3v) is 13.0. The fraction of sp³-hybridized carbons (Fsp3) is 0.746. The molecule has 69 heavy (non-hydrogen) atoms. The van der Waals surface area contributed by atoms with Crippen LogP contribution in [0.2, 0.25) is 0 Å². The van der Waals surface area contributed by atoms with Crippen molar-refractivity contribution < 1.29 is 24.5 Å². The molecule has 0 rings (SSSR count). The second-order valence-electron chi connectivity index (χ2n) is 19.7. The van der Waals surface area contributed by atoms with Gasteiger partial charge in [0.1, 0.15) is 6.10 Å². The van der Waals surface area contributed by atoms with Crippen LogP contribution in [-0.2, 0) is 14.3 Å². The first-order valence-electron chi connectivity index (χ1n) is 29.3. The van der Waals surface area contributed by atoms with Gasteiger partial charge in [0.05, 0.1) is 25.2 Å². The molecular weight excluding hydrogens is 851 g/mol. The van der Waals surface area contributed by atoms with Crippen LogP contribution >= 0.6 is 0 Å². The summed E-state index contributed by atoms with van der Waals surface area (Å²) in [5.41, 5.74) is 0. The molecule has 0 saturated carbocycles. The molecule has 0 bridgehead atoms. The quantitative estimate of drug-likeness (QED) is 0.0321. The van der Waals surface area contributed by atoms with Crippen LogP contribution in [0.15, 0.2) is 85.1 Å². The number of carbonyl (C=O) groups is 2. The second-order valence-corrected chi connectivity index (χ2v) is 19.7. The molecule has 0 spiro atoms. The van der Waals surface area contributed by atoms with Gasteiger partial charge in [-0.15, -0.1) is 0 Å². The van der Waals surface area contributed by atoms with E-state index >= 15 is 0 Å². The standard InChI is InChI=1S/C63H111NO5/c1-4-7-10-13-16-19-22-25-28-31-33-36-39-42-45-48-51-54-59(69-63(68)56-53-50-47-44-41-38-35-32-29-26-23-20-17-14-11-8-5-2)57-62(67)64-60(58-65)61(66)55-52-49-46-43-40-37-34-30-27-24-21-18-15-12-9-6-3/h8,11,16-17,19-20,25-26,28-29,35,38,44,47,59-61,65-66H,4-7,9-10,12-15,18,21-24,27,30-34,36-37,39-43,45-46,48-58H2,1-3H3,(H,64,67)/b11-8-,19-16-,20-17-,28-25-,29-26-,38-35-,47-44-. The van der Waals surface area contributed by atoms with Crippen molar-refractivity contribution in [3.8, 4) is 0 Å². The van der Waals surface area contributed by atoms with E-state index in [1.807, 2.05) is 0 Å². The third kappa shape index (κ3) is 51.2. The van der Waals surface area contributed by atoms with Crippen LogP contribution in [0.4, 0.5) is 0 Å². The Balaban J connectivity index is 4.66. The first-order valence-corrected chi connectivity index (χ1v) is 29.3. The van der Waals surface area contributed by atoms with Crippen molar-refractivity contribution in [3.05, 3.63) is 85.1 Å². The van der Waals surface area contributed by atoms with E-state index in [9.17, 15) is 19.8 Å². The average Bonchev–Trinajstić information content (AvgIpc) is 3.34. The van der Waals surface area contributed by atoms with Crippen LogP contribution in [0.3, 0.4) is 0 Å². The normalized spacial score (nSPS) is 13.8. The van der Waals surface area contributed by atoms with E-state index in [0.717, 1.165) is 89.9 Å². The first-order chi connectivity index (χ1) is 34.0. The molecule has 6 nitrogen and oxygen atoms in total. The van der Waals surface area contributed by atoms with Crippen molar-refractivity contribution in [2.24, 2.45) is 0 Å². The lowest BCUT2D eigenvalue weighted by molar-refractivity contribution is -0.151. The van der Waals surface area contributed by atoms with Gasteiger partial charge in [0.25, 0.3) is 0 Å². The maximum atomic E-state index is 13.3. The maximum Gasteiger partial charge on any atom is 0.306 e. The molecule has 0 aliphatic rings. The fourth-order valence-electron chi connectivity index (χ4n) is 8.56. The number of hydrogen-bond donors (Lipinski definition) is 3. The summed E-state index contributed by atoms with van der Waals surface area (Å²) in [4.78, 5) is 26.3. The van der Waals surface area contributed by atoms with Crippen molar-refractivity contribution in [1.29, 1.82) is 0 Å². The van der Waals surface area contributed by atoms with Crippen LogP contribution in [0.5, 0.6) is 0 Å². The molecule has 0 radical (unpaired) electrons. The number of allylic oxidation sites excluding steroid dienone is 14. The molecule has 0 aromatic carbocycles. The van der Waals surface area contributed by atoms with E-state index in [1.54, 1.807) is 0 Å². The lowest BCUT2D eigenvalue weighted by atomic mass is 10.0. The van der Waals surface area contributed by atoms with Crippen molar-refractivity contribution >= 4 is 11.9 Å². The van der Waals surface area contributed by atoms with Crippen molar-refractivity contribution in [3.63, 3.8) is 0 Å². The predicted molar refractivity (Wildman–Crippen MR) is 301 cm³/mol. The first kappa shape index (κ1) is 66.0. The summed E-state index contributed by atoms with van der Waals surface area (Å²) >= 11 is 0. The van der Waals surface area contributed by atoms with E-state index in [0.29, 0.717) is 25.7 Å². The zero-order valence-electron chi connectivity index (χ0n) is 45.4. The minimum Gasteiger partial charge on any atom is -0.462 e. The maximum absolute atomic E-state index is 13.3. The zero-order valence-corrected chi connectivity index (χ0v) is 45.4. The monoisotopic (exact) mass is 962 g/mol. The summed E-state index contributed by atoms with van der Waals surface area (Å²) in [5, 5.41) is 23.9. The molecule has 0 heterocycles. The summed E-state index contributed by atoms with van der Waals surface area (Å²) in [7, 11) is 0. The zero-order chi connectivity index (χ0) is 50.2. The Labute approximate surface area is 427 Å². The molecule has 3 atom stereocenters. The van der Waals surface area contributed by atoms with E-state index in [-0.39, 0.29) is 24.9 Å². The summed E-state index contributed by atoms with van der Waals surface area (Å²) < 4.78 is 5.93. The molecule has 398 valence electrons. The van der Waals surface area contributed by atoms with Gasteiger partial charge in [0.15, 0.2) is 0 Å². The number of nitrogens with one attached hydrogen (secondary N) is 1. The lowest BCUT2D eigenvalue weighted by Gasteiger charge is -2.24. The Hall–Kier alpha value is -2.96. The fourth-order valence-corrected chi connectivity index (χ4v) is 8.56. The van der Waals surface area contributed by atoms with Gasteiger partial charge in [-0.1, -0.05) is 254 Å². The molecule has 0 saturated heterocycles. The Morgan fingerprint density at radius 1 is 0.435 bits per heavy atom. The number of ether oxygens (including phenoxy) is 1. The highest BCUT2D eigenvalue weighted by Gasteiger charge is 2.24. The smallest absolute Gasteiger partial charge is 0.306 e. The largest absolute Gasteiger partial charge is 0.462 e. The van der Waals surface area contributed by atoms with E-state index in [2.05, 4.69) is 111 Å². The highest BCUT2D eigenvalue weighted by molar-refractivity contribution is 5.77. The van der Waals surface area contributed by atoms with Crippen LogP contribution < -0.4 is 5.32 Å². The van der Waals surface area contributed by atoms with Gasteiger partial charge in [-0.3, -0.25) is 9.59 Å². The number of aliphatic hydroxyl groups excluding tert-OH is 2. The number of unbranched alkanes of at least 4 members (excludes halogenated alkanes) is 26. The van der Waals surface area contributed by atoms with Crippen molar-refractivity contribution in [2.75, 3.05) is 6.61 Å². The number of hydrogen-bond acceptors (Lipinski definition) is 5. The van der Waals surface area contributed by atoms with Crippen LogP contribution in [0, 0.1) is 0 Å². The molecule has 0 aromatic rings. The number of carbonyl (C=O) groups excluding carboxylic acids is 2. The highest BCUT2D eigenvalue weighted by atomic mass is 16.5. The summed E-state index contributed by atoms with van der Waals surface area (Å²) in [6.07, 6.45) is 73.6. The van der Waals surface area contributed by atoms with Gasteiger partial charge in [-0.25, -0.2) is 0 Å². The second kappa shape index (κ2) is 56.0. The van der Waals surface area contributed by atoms with Gasteiger partial charge in [-0.05, 0) is 96.3 Å². The molecular formula is C63H111NO5. The molecule has 3 unspecified atom stereocenters. The minimum absolute atomic E-state index is 0.0466. The molecule has 0 aromatic heterocycles. The Morgan fingerprint density at radius 2 is 0.783 bits per heavy atom. The number of rotatable bonds is 52. The lowest BCUT2D eigenvalue weighted by Crippen LogP contribution is -2.46. The van der Waals surface area contributed by atoms with Crippen LogP contribution in [-0.4, -0.2) is 46.9 Å². The predicted octanol–water partition coefficient (Wildman–Crippen LogP) is 18.3. The van der Waals surface area contributed by atoms with E-state index < -0.39 is 18.2 Å². The van der Waals surface area contributed by atoms with Crippen LogP contribution in [0.25, 0.3) is 0 Å². The van der Waals surface area contributed by atoms with Crippen molar-refractivity contribution in [1.82, 2.24) is 5.32 Å². The highest BCUT2D eigenvalue weighted by Crippen LogP contribution is 2.18. The summed E-state index contributed by atoms with van der Waals surface area (Å²) in [6.45, 7) is 6.35. The number of aliphatic hydroxyl groups is 2. The van der Waals surface area contributed by atoms with Crippen molar-refractivity contribution in [2.45, 2.75) is 296 Å². The van der Waals surface area contributed by atoms with Crippen LogP contribution in [0.1, 0.15) is 278 Å². The van der Waals surface area contributed by atoms with E-state index in [4.69, 9.17) is 4.74 Å². The summed E-state index contributed by atoms with van der Waals surface area (Å²) in [5.74, 6) is -0.548. The molecule has 1 amide bonds. The Kier molecular flexibility index (Phi) is 53.6. The number of amides is 1. The molecule has 0 fully saturated rings. The Morgan fingerprint density at radius 3 is 1.22 bits per heavy atom. The topological polar surface area (TPSA) is 95.9 Å². The molecule has 3 N–H and O–H groups in total. The third-order valence-electron chi connectivity index (χ3n) is 13.0.